The molecule has 0 unspecified atom stereocenters. The van der Waals surface area contributed by atoms with Gasteiger partial charge in [0.15, 0.2) is 29.1 Å². The van der Waals surface area contributed by atoms with Gasteiger partial charge in [0.2, 0.25) is 5.82 Å². The molecule has 0 aliphatic carbocycles. The molecule has 0 heterocycles. The molecule has 1 nitrogen and oxygen atoms in total. The number of Topliss-reactive ketones (excluding diaryl/α,β-unsaturated/α-hetero) is 1. The number of benzene rings is 3. The molecule has 0 N–H and O–H groups in total. The number of halogens is 5. The fourth-order valence-corrected chi connectivity index (χ4v) is 3.29. The van der Waals surface area contributed by atoms with Crippen molar-refractivity contribution in [3.05, 3.63) is 89.2 Å². The first-order valence-electron chi connectivity index (χ1n) is 7.73. The van der Waals surface area contributed by atoms with Crippen LogP contribution in [0.3, 0.4) is 0 Å². The van der Waals surface area contributed by atoms with E-state index in [1.165, 1.54) is 0 Å². The Balaban J connectivity index is 1.75. The predicted molar refractivity (Wildman–Crippen MR) is 93.2 cm³/mol. The molecule has 0 aromatic heterocycles. The number of thioether (sulfide) groups is 1. The van der Waals surface area contributed by atoms with Crippen molar-refractivity contribution in [2.24, 2.45) is 0 Å². The van der Waals surface area contributed by atoms with Gasteiger partial charge in [-0.3, -0.25) is 4.79 Å². The molecule has 3 aromatic rings. The SMILES string of the molecule is O=C(CSc1c(F)c(F)c(F)c(F)c1F)c1ccc(-c2ccccc2)cc1. The average molecular weight is 394 g/mol. The van der Waals surface area contributed by atoms with E-state index in [9.17, 15) is 26.7 Å². The lowest BCUT2D eigenvalue weighted by atomic mass is 10.0. The van der Waals surface area contributed by atoms with Crippen LogP contribution in [0, 0.1) is 29.1 Å². The first kappa shape index (κ1) is 19.1. The molecule has 0 radical (unpaired) electrons. The summed E-state index contributed by atoms with van der Waals surface area (Å²) in [4.78, 5) is 11.1. The van der Waals surface area contributed by atoms with Gasteiger partial charge in [-0.1, -0.05) is 54.6 Å². The fraction of sp³-hybridized carbons (Fsp3) is 0.0500. The highest BCUT2D eigenvalue weighted by Crippen LogP contribution is 2.31. The van der Waals surface area contributed by atoms with Crippen LogP contribution in [0.1, 0.15) is 10.4 Å². The van der Waals surface area contributed by atoms with Crippen LogP contribution in [0.5, 0.6) is 0 Å². The van der Waals surface area contributed by atoms with Crippen molar-refractivity contribution in [1.29, 1.82) is 0 Å². The van der Waals surface area contributed by atoms with Crippen molar-refractivity contribution in [3.8, 4) is 11.1 Å². The Bertz CT molecular complexity index is 958. The second-order valence-corrected chi connectivity index (χ2v) is 6.54. The normalized spacial score (nSPS) is 10.9. The number of rotatable bonds is 5. The van der Waals surface area contributed by atoms with Gasteiger partial charge in [-0.2, -0.15) is 0 Å². The van der Waals surface area contributed by atoms with Gasteiger partial charge in [0.25, 0.3) is 0 Å². The Kier molecular flexibility index (Phi) is 5.60. The zero-order valence-electron chi connectivity index (χ0n) is 13.6. The van der Waals surface area contributed by atoms with E-state index < -0.39 is 45.5 Å². The van der Waals surface area contributed by atoms with E-state index in [1.807, 2.05) is 30.3 Å². The predicted octanol–water partition coefficient (Wildman–Crippen LogP) is 6.02. The summed E-state index contributed by atoms with van der Waals surface area (Å²) in [5.74, 6) is -11.1. The van der Waals surface area contributed by atoms with Crippen molar-refractivity contribution < 1.29 is 26.7 Å². The summed E-state index contributed by atoms with van der Waals surface area (Å²) < 4.78 is 66.7. The molecule has 3 aromatic carbocycles. The lowest BCUT2D eigenvalue weighted by Gasteiger charge is -2.08. The smallest absolute Gasteiger partial charge is 0.200 e. The van der Waals surface area contributed by atoms with Gasteiger partial charge in [0, 0.05) is 5.56 Å². The molecular formula is C20H11F5OS. The van der Waals surface area contributed by atoms with Gasteiger partial charge in [-0.25, -0.2) is 22.0 Å². The van der Waals surface area contributed by atoms with Crippen molar-refractivity contribution in [2.45, 2.75) is 4.90 Å². The van der Waals surface area contributed by atoms with Crippen LogP contribution in [0.15, 0.2) is 59.5 Å². The lowest BCUT2D eigenvalue weighted by molar-refractivity contribution is 0.102. The van der Waals surface area contributed by atoms with Gasteiger partial charge in [0.1, 0.15) is 0 Å². The number of hydrogen-bond acceptors (Lipinski definition) is 2. The maximum atomic E-state index is 13.6. The van der Waals surface area contributed by atoms with E-state index in [0.29, 0.717) is 0 Å². The van der Waals surface area contributed by atoms with Crippen LogP contribution < -0.4 is 0 Å². The summed E-state index contributed by atoms with van der Waals surface area (Å²) in [5.41, 5.74) is 2.10. The monoisotopic (exact) mass is 394 g/mol. The van der Waals surface area contributed by atoms with Crippen molar-refractivity contribution in [3.63, 3.8) is 0 Å². The molecular weight excluding hydrogens is 383 g/mol. The Morgan fingerprint density at radius 3 is 1.70 bits per heavy atom. The second kappa shape index (κ2) is 7.92. The van der Waals surface area contributed by atoms with Crippen molar-refractivity contribution >= 4 is 17.5 Å². The summed E-state index contributed by atoms with van der Waals surface area (Å²) in [5, 5.41) is 0. The molecule has 0 bridgehead atoms. The lowest BCUT2D eigenvalue weighted by Crippen LogP contribution is -2.07. The Hall–Kier alpha value is -2.67. The third kappa shape index (κ3) is 3.88. The summed E-state index contributed by atoms with van der Waals surface area (Å²) >= 11 is 0.268. The number of carbonyl (C=O) groups excluding carboxylic acids is 1. The van der Waals surface area contributed by atoms with Crippen LogP contribution in [-0.2, 0) is 0 Å². The molecule has 7 heteroatoms. The Morgan fingerprint density at radius 1 is 0.667 bits per heavy atom. The molecule has 0 spiro atoms. The van der Waals surface area contributed by atoms with Crippen LogP contribution in [-0.4, -0.2) is 11.5 Å². The van der Waals surface area contributed by atoms with E-state index in [4.69, 9.17) is 0 Å². The molecule has 0 fully saturated rings. The largest absolute Gasteiger partial charge is 0.293 e. The molecule has 0 aliphatic rings. The summed E-state index contributed by atoms with van der Waals surface area (Å²) in [6.45, 7) is 0. The third-order valence-corrected chi connectivity index (χ3v) is 4.88. The quantitative estimate of drug-likeness (QED) is 0.173. The zero-order valence-corrected chi connectivity index (χ0v) is 14.4. The van der Waals surface area contributed by atoms with Crippen LogP contribution in [0.25, 0.3) is 11.1 Å². The van der Waals surface area contributed by atoms with Gasteiger partial charge in [-0.05, 0) is 11.1 Å². The summed E-state index contributed by atoms with van der Waals surface area (Å²) in [6, 6.07) is 15.9. The van der Waals surface area contributed by atoms with E-state index >= 15 is 0 Å². The summed E-state index contributed by atoms with van der Waals surface area (Å²) in [7, 11) is 0. The minimum Gasteiger partial charge on any atom is -0.293 e. The minimum absolute atomic E-state index is 0.268. The van der Waals surface area contributed by atoms with Gasteiger partial charge in [-0.15, -0.1) is 11.8 Å². The van der Waals surface area contributed by atoms with E-state index in [0.717, 1.165) is 11.1 Å². The topological polar surface area (TPSA) is 17.1 Å². The third-order valence-electron chi connectivity index (χ3n) is 3.83. The molecule has 0 saturated carbocycles. The van der Waals surface area contributed by atoms with Crippen molar-refractivity contribution in [1.82, 2.24) is 0 Å². The highest BCUT2D eigenvalue weighted by atomic mass is 32.2. The van der Waals surface area contributed by atoms with Gasteiger partial charge < -0.3 is 0 Å². The number of hydrogen-bond donors (Lipinski definition) is 0. The Morgan fingerprint density at radius 2 is 1.15 bits per heavy atom. The minimum atomic E-state index is -2.22. The second-order valence-electron chi connectivity index (χ2n) is 5.55. The average Bonchev–Trinajstić information content (AvgIpc) is 2.71. The molecule has 3 rings (SSSR count). The van der Waals surface area contributed by atoms with E-state index in [-0.39, 0.29) is 17.3 Å². The molecule has 27 heavy (non-hydrogen) atoms. The van der Waals surface area contributed by atoms with Gasteiger partial charge in [0.05, 0.1) is 10.6 Å². The molecule has 0 saturated heterocycles. The Labute approximate surface area is 155 Å². The molecule has 0 amide bonds. The van der Waals surface area contributed by atoms with E-state index in [2.05, 4.69) is 0 Å². The van der Waals surface area contributed by atoms with Crippen LogP contribution >= 0.6 is 11.8 Å². The fourth-order valence-electron chi connectivity index (χ4n) is 2.41. The molecule has 0 atom stereocenters. The van der Waals surface area contributed by atoms with E-state index in [1.54, 1.807) is 24.3 Å². The first-order valence-corrected chi connectivity index (χ1v) is 8.71. The van der Waals surface area contributed by atoms with Gasteiger partial charge >= 0.3 is 0 Å². The van der Waals surface area contributed by atoms with Crippen LogP contribution in [0.4, 0.5) is 22.0 Å². The summed E-state index contributed by atoms with van der Waals surface area (Å²) in [6.07, 6.45) is 0. The maximum absolute atomic E-state index is 13.6. The van der Waals surface area contributed by atoms with Crippen LogP contribution in [0.2, 0.25) is 0 Å². The highest BCUT2D eigenvalue weighted by Gasteiger charge is 2.26. The first-order chi connectivity index (χ1) is 12.9. The standard InChI is InChI=1S/C20H11F5OS/c21-15-16(22)18(24)20(19(25)17(15)23)27-10-14(26)13-8-6-12(7-9-13)11-4-2-1-3-5-11/h1-9H,10H2. The zero-order chi connectivity index (χ0) is 19.6. The van der Waals surface area contributed by atoms with Crippen molar-refractivity contribution in [2.75, 3.05) is 5.75 Å². The number of carbonyl (C=O) groups is 1. The highest BCUT2D eigenvalue weighted by molar-refractivity contribution is 8.00. The molecule has 0 aliphatic heterocycles. The maximum Gasteiger partial charge on any atom is 0.200 e. The molecule has 138 valence electrons. The number of ketones is 1.